The molecule has 19 heavy (non-hydrogen) atoms. The number of hydrogen-bond acceptors (Lipinski definition) is 3. The van der Waals surface area contributed by atoms with Crippen molar-refractivity contribution in [2.24, 2.45) is 5.92 Å². The highest BCUT2D eigenvalue weighted by Gasteiger charge is 2.25. The summed E-state index contributed by atoms with van der Waals surface area (Å²) in [7, 11) is 0. The summed E-state index contributed by atoms with van der Waals surface area (Å²) in [5.41, 5.74) is 0. The van der Waals surface area contributed by atoms with Crippen molar-refractivity contribution in [3.63, 3.8) is 0 Å². The lowest BCUT2D eigenvalue weighted by atomic mass is 9.99. The van der Waals surface area contributed by atoms with Crippen LogP contribution in [0.5, 0.6) is 0 Å². The third-order valence-electron chi connectivity index (χ3n) is 2.82. The third-order valence-corrected chi connectivity index (χ3v) is 4.05. The van der Waals surface area contributed by atoms with Crippen molar-refractivity contribution >= 4 is 34.9 Å². The van der Waals surface area contributed by atoms with Crippen LogP contribution in [0.15, 0.2) is 12.1 Å². The summed E-state index contributed by atoms with van der Waals surface area (Å²) in [6, 6.07) is 2.20. The fourth-order valence-corrected chi connectivity index (χ4v) is 2.52. The highest BCUT2D eigenvalue weighted by Crippen LogP contribution is 2.20. The Labute approximate surface area is 121 Å². The molecule has 2 atom stereocenters. The summed E-state index contributed by atoms with van der Waals surface area (Å²) in [5.74, 6) is -1.15. The van der Waals surface area contributed by atoms with E-state index in [0.717, 1.165) is 4.88 Å². The number of rotatable bonds is 6. The molecule has 0 aliphatic carbocycles. The monoisotopic (exact) mass is 304 g/mol. The molecule has 7 heteroatoms. The Morgan fingerprint density at radius 1 is 1.47 bits per heavy atom. The van der Waals surface area contributed by atoms with Gasteiger partial charge in [0.05, 0.1) is 10.9 Å². The molecule has 0 aliphatic heterocycles. The molecule has 0 radical (unpaired) electrons. The molecular formula is C12H17ClN2O3S. The predicted molar refractivity (Wildman–Crippen MR) is 75.6 cm³/mol. The van der Waals surface area contributed by atoms with Crippen LogP contribution in [0.4, 0.5) is 4.79 Å². The number of thiophene rings is 1. The number of carbonyl (C=O) groups is 2. The summed E-state index contributed by atoms with van der Waals surface area (Å²) in [4.78, 5) is 23.6. The summed E-state index contributed by atoms with van der Waals surface area (Å²) in [6.07, 6.45) is 0.678. The Morgan fingerprint density at radius 3 is 2.63 bits per heavy atom. The van der Waals surface area contributed by atoms with Gasteiger partial charge < -0.3 is 15.7 Å². The van der Waals surface area contributed by atoms with Gasteiger partial charge in [0.2, 0.25) is 0 Å². The normalized spacial score (nSPS) is 13.6. The number of halogens is 1. The summed E-state index contributed by atoms with van der Waals surface area (Å²) in [6.45, 7) is 4.00. The Balaban J connectivity index is 2.46. The van der Waals surface area contributed by atoms with Crippen molar-refractivity contribution in [2.75, 3.05) is 0 Å². The number of carboxylic acid groups (broad SMARTS) is 1. The van der Waals surface area contributed by atoms with E-state index in [1.165, 1.54) is 11.3 Å². The number of carbonyl (C=O) groups excluding carboxylic acids is 1. The van der Waals surface area contributed by atoms with Gasteiger partial charge in [0, 0.05) is 4.88 Å². The van der Waals surface area contributed by atoms with Crippen LogP contribution in [0.3, 0.4) is 0 Å². The molecule has 2 unspecified atom stereocenters. The molecule has 1 aromatic heterocycles. The number of carboxylic acids is 1. The molecule has 0 aromatic carbocycles. The zero-order chi connectivity index (χ0) is 14.4. The summed E-state index contributed by atoms with van der Waals surface area (Å²) >= 11 is 7.15. The second kappa shape index (κ2) is 7.35. The van der Waals surface area contributed by atoms with Crippen LogP contribution in [0.2, 0.25) is 4.34 Å². The van der Waals surface area contributed by atoms with E-state index in [2.05, 4.69) is 10.6 Å². The lowest BCUT2D eigenvalue weighted by Gasteiger charge is -2.20. The van der Waals surface area contributed by atoms with E-state index in [1.807, 2.05) is 13.0 Å². The molecule has 106 valence electrons. The predicted octanol–water partition coefficient (Wildman–Crippen LogP) is 2.70. The second-order valence-electron chi connectivity index (χ2n) is 4.23. The zero-order valence-corrected chi connectivity index (χ0v) is 12.3. The zero-order valence-electron chi connectivity index (χ0n) is 10.8. The minimum Gasteiger partial charge on any atom is -0.480 e. The lowest BCUT2D eigenvalue weighted by molar-refractivity contribution is -0.140. The Hall–Kier alpha value is -1.27. The van der Waals surface area contributed by atoms with Gasteiger partial charge in [0.15, 0.2) is 0 Å². The molecule has 0 saturated carbocycles. The quantitative estimate of drug-likeness (QED) is 0.756. The molecule has 0 fully saturated rings. The van der Waals surface area contributed by atoms with Crippen LogP contribution in [-0.2, 0) is 11.3 Å². The molecule has 5 nitrogen and oxygen atoms in total. The van der Waals surface area contributed by atoms with Crippen molar-refractivity contribution in [1.29, 1.82) is 0 Å². The summed E-state index contributed by atoms with van der Waals surface area (Å²) < 4.78 is 0.653. The molecular weight excluding hydrogens is 288 g/mol. The summed E-state index contributed by atoms with van der Waals surface area (Å²) in [5, 5.41) is 14.1. The maximum atomic E-state index is 11.6. The first-order valence-corrected chi connectivity index (χ1v) is 7.14. The average molecular weight is 305 g/mol. The lowest BCUT2D eigenvalue weighted by Crippen LogP contribution is -2.48. The first-order valence-electron chi connectivity index (χ1n) is 5.95. The van der Waals surface area contributed by atoms with Gasteiger partial charge in [-0.25, -0.2) is 9.59 Å². The van der Waals surface area contributed by atoms with E-state index < -0.39 is 18.0 Å². The Bertz CT molecular complexity index is 450. The van der Waals surface area contributed by atoms with Crippen LogP contribution in [0, 0.1) is 5.92 Å². The second-order valence-corrected chi connectivity index (χ2v) is 6.03. The highest BCUT2D eigenvalue weighted by molar-refractivity contribution is 7.16. The van der Waals surface area contributed by atoms with Gasteiger partial charge in [-0.15, -0.1) is 11.3 Å². The fraction of sp³-hybridized carbons (Fsp3) is 0.500. The van der Waals surface area contributed by atoms with Crippen LogP contribution >= 0.6 is 22.9 Å². The third kappa shape index (κ3) is 5.08. The number of aliphatic carboxylic acids is 1. The number of hydrogen-bond donors (Lipinski definition) is 3. The molecule has 2 amide bonds. The highest BCUT2D eigenvalue weighted by atomic mass is 35.5. The van der Waals surface area contributed by atoms with Crippen molar-refractivity contribution in [1.82, 2.24) is 10.6 Å². The van der Waals surface area contributed by atoms with Crippen molar-refractivity contribution in [3.05, 3.63) is 21.3 Å². The Kier molecular flexibility index (Phi) is 6.11. The smallest absolute Gasteiger partial charge is 0.326 e. The molecule has 0 spiro atoms. The molecule has 0 saturated heterocycles. The van der Waals surface area contributed by atoms with E-state index in [9.17, 15) is 9.59 Å². The molecule has 1 rings (SSSR count). The van der Waals surface area contributed by atoms with Gasteiger partial charge in [-0.2, -0.15) is 0 Å². The average Bonchev–Trinajstić information content (AvgIpc) is 2.78. The molecule has 0 aliphatic rings. The first-order chi connectivity index (χ1) is 8.93. The van der Waals surface area contributed by atoms with Gasteiger partial charge in [0.25, 0.3) is 0 Å². The van der Waals surface area contributed by atoms with E-state index in [4.69, 9.17) is 16.7 Å². The van der Waals surface area contributed by atoms with Crippen LogP contribution in [-0.4, -0.2) is 23.1 Å². The van der Waals surface area contributed by atoms with Gasteiger partial charge >= 0.3 is 12.0 Å². The largest absolute Gasteiger partial charge is 0.480 e. The molecule has 0 bridgehead atoms. The van der Waals surface area contributed by atoms with E-state index >= 15 is 0 Å². The van der Waals surface area contributed by atoms with Crippen LogP contribution in [0.1, 0.15) is 25.1 Å². The van der Waals surface area contributed by atoms with Crippen molar-refractivity contribution in [2.45, 2.75) is 32.9 Å². The fourth-order valence-electron chi connectivity index (χ4n) is 1.49. The molecule has 1 heterocycles. The first kappa shape index (κ1) is 15.8. The topological polar surface area (TPSA) is 78.4 Å². The van der Waals surface area contributed by atoms with Crippen molar-refractivity contribution < 1.29 is 14.7 Å². The Morgan fingerprint density at radius 2 is 2.16 bits per heavy atom. The van der Waals surface area contributed by atoms with Gasteiger partial charge in [-0.1, -0.05) is 31.9 Å². The van der Waals surface area contributed by atoms with Gasteiger partial charge in [-0.05, 0) is 18.1 Å². The SMILES string of the molecule is CCC(C)C(NC(=O)NCc1ccc(Cl)s1)C(=O)O. The minimum absolute atomic E-state index is 0.126. The molecule has 3 N–H and O–H groups in total. The standard InChI is InChI=1S/C12H17ClN2O3S/c1-3-7(2)10(11(16)17)15-12(18)14-6-8-4-5-9(13)19-8/h4-5,7,10H,3,6H2,1-2H3,(H,16,17)(H2,14,15,18). The van der Waals surface area contributed by atoms with E-state index in [0.29, 0.717) is 17.3 Å². The minimum atomic E-state index is -1.02. The number of nitrogens with one attached hydrogen (secondary N) is 2. The van der Waals surface area contributed by atoms with Crippen molar-refractivity contribution in [3.8, 4) is 0 Å². The number of amides is 2. The maximum Gasteiger partial charge on any atom is 0.326 e. The van der Waals surface area contributed by atoms with E-state index in [1.54, 1.807) is 13.0 Å². The van der Waals surface area contributed by atoms with E-state index in [-0.39, 0.29) is 5.92 Å². The van der Waals surface area contributed by atoms with Gasteiger partial charge in [-0.3, -0.25) is 0 Å². The molecule has 1 aromatic rings. The van der Waals surface area contributed by atoms with Crippen LogP contribution < -0.4 is 10.6 Å². The van der Waals surface area contributed by atoms with Crippen LogP contribution in [0.25, 0.3) is 0 Å². The number of urea groups is 1. The maximum absolute atomic E-state index is 11.6. The van der Waals surface area contributed by atoms with Gasteiger partial charge in [0.1, 0.15) is 6.04 Å².